The third-order valence-corrected chi connectivity index (χ3v) is 4.58. The number of carbonyl (C=O) groups excluding carboxylic acids is 3. The van der Waals surface area contributed by atoms with Crippen LogP contribution < -0.4 is 10.6 Å². The van der Waals surface area contributed by atoms with E-state index in [9.17, 15) is 14.4 Å². The van der Waals surface area contributed by atoms with Crippen LogP contribution in [-0.4, -0.2) is 36.7 Å². The highest BCUT2D eigenvalue weighted by atomic mass is 32.2. The molecule has 2 aromatic carbocycles. The Morgan fingerprint density at radius 1 is 1.00 bits per heavy atom. The maximum atomic E-state index is 12.2. The zero-order chi connectivity index (χ0) is 19.6. The number of nitrogens with one attached hydrogen (secondary N) is 2. The molecular weight excluding hydrogens is 364 g/mol. The van der Waals surface area contributed by atoms with E-state index in [-0.39, 0.29) is 24.2 Å². The lowest BCUT2D eigenvalue weighted by molar-refractivity contribution is -0.124. The number of likely N-dealkylation sites (N-methyl/N-ethyl adjacent to an activating group) is 1. The molecule has 2 aromatic rings. The largest absolute Gasteiger partial charge is 0.452 e. The molecule has 27 heavy (non-hydrogen) atoms. The molecule has 0 atom stereocenters. The predicted molar refractivity (Wildman–Crippen MR) is 106 cm³/mol. The normalized spacial score (nSPS) is 10.1. The monoisotopic (exact) mass is 386 g/mol. The fourth-order valence-corrected chi connectivity index (χ4v) is 3.04. The molecule has 2 N–H and O–H groups in total. The molecule has 7 heteroatoms. The van der Waals surface area contributed by atoms with E-state index < -0.39 is 5.97 Å². The molecular formula is C20H22N2O4S. The van der Waals surface area contributed by atoms with E-state index in [1.807, 2.05) is 31.2 Å². The summed E-state index contributed by atoms with van der Waals surface area (Å²) in [5.74, 6) is -0.972. The molecule has 0 saturated carbocycles. The lowest BCUT2D eigenvalue weighted by Gasteiger charge is -2.10. The summed E-state index contributed by atoms with van der Waals surface area (Å²) in [6, 6.07) is 14.4. The summed E-state index contributed by atoms with van der Waals surface area (Å²) in [6.07, 6.45) is 0. The Balaban J connectivity index is 1.92. The second kappa shape index (κ2) is 10.4. The minimum atomic E-state index is -0.594. The van der Waals surface area contributed by atoms with Gasteiger partial charge in [-0.25, -0.2) is 4.79 Å². The number of thioether (sulfide) groups is 1. The number of anilines is 1. The number of hydrogen-bond donors (Lipinski definition) is 2. The van der Waals surface area contributed by atoms with Crippen molar-refractivity contribution in [2.24, 2.45) is 0 Å². The highest BCUT2D eigenvalue weighted by molar-refractivity contribution is 8.00. The van der Waals surface area contributed by atoms with Crippen LogP contribution in [0.1, 0.15) is 22.8 Å². The van der Waals surface area contributed by atoms with Gasteiger partial charge in [0.15, 0.2) is 6.61 Å². The van der Waals surface area contributed by atoms with Gasteiger partial charge >= 0.3 is 5.97 Å². The Morgan fingerprint density at radius 3 is 2.41 bits per heavy atom. The maximum absolute atomic E-state index is 12.2. The first kappa shape index (κ1) is 20.5. The number of carbonyl (C=O) groups is 3. The minimum absolute atomic E-state index is 0.147. The Kier molecular flexibility index (Phi) is 7.88. The molecule has 142 valence electrons. The van der Waals surface area contributed by atoms with E-state index in [2.05, 4.69) is 10.6 Å². The van der Waals surface area contributed by atoms with Gasteiger partial charge in [-0.1, -0.05) is 29.8 Å². The van der Waals surface area contributed by atoms with E-state index >= 15 is 0 Å². The predicted octanol–water partition coefficient (Wildman–Crippen LogP) is 3.02. The van der Waals surface area contributed by atoms with E-state index in [1.165, 1.54) is 11.8 Å². The molecule has 0 aliphatic heterocycles. The van der Waals surface area contributed by atoms with Gasteiger partial charge in [0, 0.05) is 17.1 Å². The molecule has 0 aromatic heterocycles. The van der Waals surface area contributed by atoms with Crippen molar-refractivity contribution in [3.8, 4) is 0 Å². The fourth-order valence-electron chi connectivity index (χ4n) is 2.20. The average molecular weight is 386 g/mol. The van der Waals surface area contributed by atoms with Gasteiger partial charge in [-0.15, -0.1) is 11.8 Å². The molecule has 0 bridgehead atoms. The van der Waals surface area contributed by atoms with Crippen molar-refractivity contribution in [2.75, 3.05) is 24.2 Å². The molecule has 0 aliphatic carbocycles. The molecule has 0 unspecified atom stereocenters. The highest BCUT2D eigenvalue weighted by Crippen LogP contribution is 2.23. The van der Waals surface area contributed by atoms with Crippen LogP contribution in [0.15, 0.2) is 53.4 Å². The molecule has 2 amide bonds. The smallest absolute Gasteiger partial charge is 0.339 e. The Hall–Kier alpha value is -2.80. The number of ether oxygens (including phenoxy) is 1. The van der Waals surface area contributed by atoms with Gasteiger partial charge in [0.1, 0.15) is 0 Å². The van der Waals surface area contributed by atoms with Crippen molar-refractivity contribution >= 4 is 35.2 Å². The Morgan fingerprint density at radius 2 is 1.70 bits per heavy atom. The zero-order valence-electron chi connectivity index (χ0n) is 15.3. The van der Waals surface area contributed by atoms with E-state index in [4.69, 9.17) is 4.74 Å². The number of amides is 2. The van der Waals surface area contributed by atoms with Crippen LogP contribution in [0.5, 0.6) is 0 Å². The molecule has 0 aliphatic rings. The zero-order valence-corrected chi connectivity index (χ0v) is 16.1. The van der Waals surface area contributed by atoms with Gasteiger partial charge in [0.2, 0.25) is 5.91 Å². The van der Waals surface area contributed by atoms with Gasteiger partial charge in [0.05, 0.1) is 11.3 Å². The Bertz CT molecular complexity index is 806. The summed E-state index contributed by atoms with van der Waals surface area (Å²) >= 11 is 1.24. The first-order chi connectivity index (χ1) is 13.0. The quantitative estimate of drug-likeness (QED) is 0.538. The summed E-state index contributed by atoms with van der Waals surface area (Å²) in [6.45, 7) is 3.90. The molecule has 6 nitrogen and oxygen atoms in total. The molecule has 0 fully saturated rings. The third kappa shape index (κ3) is 6.79. The van der Waals surface area contributed by atoms with Gasteiger partial charge in [-0.3, -0.25) is 9.59 Å². The molecule has 0 saturated heterocycles. The van der Waals surface area contributed by atoms with Crippen molar-refractivity contribution < 1.29 is 19.1 Å². The molecule has 2 rings (SSSR count). The van der Waals surface area contributed by atoms with Crippen LogP contribution in [0, 0.1) is 6.92 Å². The van der Waals surface area contributed by atoms with Gasteiger partial charge in [0.25, 0.3) is 5.91 Å². The van der Waals surface area contributed by atoms with E-state index in [1.54, 1.807) is 31.2 Å². The van der Waals surface area contributed by atoms with E-state index in [0.29, 0.717) is 17.0 Å². The second-order valence-corrected chi connectivity index (χ2v) is 6.75. The summed E-state index contributed by atoms with van der Waals surface area (Å²) < 4.78 is 5.03. The first-order valence-corrected chi connectivity index (χ1v) is 9.50. The van der Waals surface area contributed by atoms with Crippen LogP contribution in [0.4, 0.5) is 5.69 Å². The lowest BCUT2D eigenvalue weighted by Crippen LogP contribution is -2.28. The first-order valence-electron chi connectivity index (χ1n) is 8.51. The van der Waals surface area contributed by atoms with Crippen LogP contribution in [0.25, 0.3) is 0 Å². The highest BCUT2D eigenvalue weighted by Gasteiger charge is 2.15. The minimum Gasteiger partial charge on any atom is -0.452 e. The summed E-state index contributed by atoms with van der Waals surface area (Å²) in [5.41, 5.74) is 2.16. The van der Waals surface area contributed by atoms with Crippen LogP contribution >= 0.6 is 11.8 Å². The van der Waals surface area contributed by atoms with Crippen molar-refractivity contribution in [3.63, 3.8) is 0 Å². The Labute approximate surface area is 162 Å². The van der Waals surface area contributed by atoms with Crippen LogP contribution in [-0.2, 0) is 14.3 Å². The van der Waals surface area contributed by atoms with Gasteiger partial charge in [-0.05, 0) is 38.1 Å². The van der Waals surface area contributed by atoms with Crippen LogP contribution in [0.2, 0.25) is 0 Å². The van der Waals surface area contributed by atoms with Crippen molar-refractivity contribution in [1.82, 2.24) is 5.32 Å². The summed E-state index contributed by atoms with van der Waals surface area (Å²) in [5, 5.41) is 5.37. The molecule has 0 spiro atoms. The lowest BCUT2D eigenvalue weighted by atomic mass is 10.2. The number of benzene rings is 2. The summed E-state index contributed by atoms with van der Waals surface area (Å²) in [7, 11) is 0. The number of rotatable bonds is 8. The molecule has 0 heterocycles. The van der Waals surface area contributed by atoms with E-state index in [0.717, 1.165) is 11.3 Å². The van der Waals surface area contributed by atoms with Crippen LogP contribution in [0.3, 0.4) is 0 Å². The van der Waals surface area contributed by atoms with Crippen molar-refractivity contribution in [2.45, 2.75) is 18.7 Å². The second-order valence-electron chi connectivity index (χ2n) is 5.73. The van der Waals surface area contributed by atoms with Gasteiger partial charge in [-0.2, -0.15) is 0 Å². The standard InChI is InChI=1S/C20H22N2O4S/c1-3-21-18(23)12-26-20(25)16-6-4-5-7-17(16)27-13-19(24)22-15-10-8-14(2)9-11-15/h4-11H,3,12-13H2,1-2H3,(H,21,23)(H,22,24). The fraction of sp³-hybridized carbons (Fsp3) is 0.250. The number of esters is 1. The third-order valence-electron chi connectivity index (χ3n) is 3.51. The SMILES string of the molecule is CCNC(=O)COC(=O)c1ccccc1SCC(=O)Nc1ccc(C)cc1. The van der Waals surface area contributed by atoms with Crippen molar-refractivity contribution in [3.05, 3.63) is 59.7 Å². The average Bonchev–Trinajstić information content (AvgIpc) is 2.67. The van der Waals surface area contributed by atoms with Gasteiger partial charge < -0.3 is 15.4 Å². The summed E-state index contributed by atoms with van der Waals surface area (Å²) in [4.78, 5) is 36.4. The number of aryl methyl sites for hydroxylation is 1. The molecule has 0 radical (unpaired) electrons. The topological polar surface area (TPSA) is 84.5 Å². The number of hydrogen-bond acceptors (Lipinski definition) is 5. The maximum Gasteiger partial charge on any atom is 0.339 e. The van der Waals surface area contributed by atoms with Crippen molar-refractivity contribution in [1.29, 1.82) is 0 Å².